The molecule has 0 amide bonds. The lowest BCUT2D eigenvalue weighted by atomic mass is 10.3. The van der Waals surface area contributed by atoms with Gasteiger partial charge in [-0.15, -0.1) is 11.8 Å². The van der Waals surface area contributed by atoms with Crippen LogP contribution in [-0.4, -0.2) is 28.8 Å². The molecule has 3 heteroatoms. The molecule has 0 bridgehead atoms. The molecule has 0 spiro atoms. The maximum atomic E-state index is 5.31. The van der Waals surface area contributed by atoms with Crippen LogP contribution in [0.15, 0.2) is 0 Å². The first kappa shape index (κ1) is 5.45. The highest BCUT2D eigenvalue weighted by Crippen LogP contribution is 2.58. The van der Waals surface area contributed by atoms with Gasteiger partial charge in [0.2, 0.25) is 0 Å². The predicted molar refractivity (Wildman–Crippen MR) is 38.4 cm³/mol. The minimum atomic E-state index is 0.282. The van der Waals surface area contributed by atoms with Crippen LogP contribution in [-0.2, 0) is 4.74 Å². The number of methoxy groups -OCH3 is 1. The first-order valence-electron chi connectivity index (χ1n) is 2.68. The van der Waals surface area contributed by atoms with Gasteiger partial charge < -0.3 is 4.74 Å². The molecular weight excluding hydrogens is 140 g/mol. The van der Waals surface area contributed by atoms with Gasteiger partial charge in [0.15, 0.2) is 0 Å². The van der Waals surface area contributed by atoms with Gasteiger partial charge in [0, 0.05) is 18.6 Å². The monoisotopic (exact) mass is 148 g/mol. The van der Waals surface area contributed by atoms with Crippen molar-refractivity contribution in [2.24, 2.45) is 0 Å². The summed E-state index contributed by atoms with van der Waals surface area (Å²) in [5, 5.41) is 0.831. The Bertz CT molecular complexity index is 107. The Balaban J connectivity index is 1.99. The molecule has 0 aromatic heterocycles. The topological polar surface area (TPSA) is 9.23 Å². The summed E-state index contributed by atoms with van der Waals surface area (Å²) < 4.78 is 5.31. The SMILES string of the molecule is COC1(C2CS2)CS1. The summed E-state index contributed by atoms with van der Waals surface area (Å²) in [6, 6.07) is 0. The maximum Gasteiger partial charge on any atom is 0.135 e. The predicted octanol–water partition coefficient (Wildman–Crippen LogP) is 1.19. The molecule has 2 aliphatic heterocycles. The van der Waals surface area contributed by atoms with Crippen LogP contribution >= 0.6 is 23.5 Å². The van der Waals surface area contributed by atoms with E-state index in [1.54, 1.807) is 0 Å². The van der Waals surface area contributed by atoms with Crippen molar-refractivity contribution in [3.05, 3.63) is 0 Å². The van der Waals surface area contributed by atoms with Crippen molar-refractivity contribution in [1.29, 1.82) is 0 Å². The van der Waals surface area contributed by atoms with E-state index >= 15 is 0 Å². The molecular formula is C5H8OS2. The quantitative estimate of drug-likeness (QED) is 0.544. The van der Waals surface area contributed by atoms with Gasteiger partial charge in [-0.2, -0.15) is 11.8 Å². The molecule has 2 saturated heterocycles. The molecule has 2 heterocycles. The zero-order valence-electron chi connectivity index (χ0n) is 4.72. The highest BCUT2D eigenvalue weighted by Gasteiger charge is 2.56. The van der Waals surface area contributed by atoms with Gasteiger partial charge in [-0.1, -0.05) is 0 Å². The van der Waals surface area contributed by atoms with E-state index in [-0.39, 0.29) is 4.93 Å². The fourth-order valence-corrected chi connectivity index (χ4v) is 3.07. The summed E-state index contributed by atoms with van der Waals surface area (Å²) in [5.74, 6) is 2.54. The van der Waals surface area contributed by atoms with Crippen LogP contribution in [0.5, 0.6) is 0 Å². The van der Waals surface area contributed by atoms with E-state index in [0.29, 0.717) is 0 Å². The Morgan fingerprint density at radius 2 is 2.38 bits per heavy atom. The van der Waals surface area contributed by atoms with Crippen molar-refractivity contribution >= 4 is 23.5 Å². The fraction of sp³-hybridized carbons (Fsp3) is 1.00. The van der Waals surface area contributed by atoms with Crippen molar-refractivity contribution in [2.75, 3.05) is 18.6 Å². The Morgan fingerprint density at radius 3 is 2.50 bits per heavy atom. The number of rotatable bonds is 2. The number of ether oxygens (including phenoxy) is 1. The summed E-state index contributed by atoms with van der Waals surface area (Å²) >= 11 is 3.96. The highest BCUT2D eigenvalue weighted by molar-refractivity contribution is 8.12. The van der Waals surface area contributed by atoms with Crippen molar-refractivity contribution in [1.82, 2.24) is 0 Å². The third-order valence-corrected chi connectivity index (χ3v) is 4.10. The molecule has 2 atom stereocenters. The minimum absolute atomic E-state index is 0.282. The van der Waals surface area contributed by atoms with Gasteiger partial charge in [-0.25, -0.2) is 0 Å². The summed E-state index contributed by atoms with van der Waals surface area (Å²) in [4.78, 5) is 0.282. The molecule has 0 aromatic carbocycles. The lowest BCUT2D eigenvalue weighted by molar-refractivity contribution is 0.123. The summed E-state index contributed by atoms with van der Waals surface area (Å²) in [6.07, 6.45) is 0. The molecule has 2 aliphatic rings. The average Bonchev–Trinajstić information content (AvgIpc) is 2.63. The molecule has 0 N–H and O–H groups in total. The van der Waals surface area contributed by atoms with Crippen LogP contribution in [0.25, 0.3) is 0 Å². The first-order valence-corrected chi connectivity index (χ1v) is 4.71. The zero-order valence-corrected chi connectivity index (χ0v) is 6.35. The Labute approximate surface area is 57.5 Å². The van der Waals surface area contributed by atoms with Gasteiger partial charge in [0.25, 0.3) is 0 Å². The van der Waals surface area contributed by atoms with Crippen molar-refractivity contribution < 1.29 is 4.74 Å². The van der Waals surface area contributed by atoms with Crippen LogP contribution in [0, 0.1) is 0 Å². The average molecular weight is 148 g/mol. The minimum Gasteiger partial charge on any atom is -0.365 e. The third kappa shape index (κ3) is 0.684. The molecule has 0 saturated carbocycles. The molecule has 2 fully saturated rings. The van der Waals surface area contributed by atoms with E-state index in [4.69, 9.17) is 4.74 Å². The normalized spacial score (nSPS) is 51.4. The van der Waals surface area contributed by atoms with E-state index in [1.165, 1.54) is 11.5 Å². The van der Waals surface area contributed by atoms with Crippen molar-refractivity contribution in [3.63, 3.8) is 0 Å². The van der Waals surface area contributed by atoms with Crippen LogP contribution in [0.3, 0.4) is 0 Å². The largest absolute Gasteiger partial charge is 0.365 e. The lowest BCUT2D eigenvalue weighted by Gasteiger charge is -2.05. The van der Waals surface area contributed by atoms with Gasteiger partial charge >= 0.3 is 0 Å². The second-order valence-electron chi connectivity index (χ2n) is 2.13. The van der Waals surface area contributed by atoms with Gasteiger partial charge in [0.05, 0.1) is 5.25 Å². The molecule has 2 unspecified atom stereocenters. The van der Waals surface area contributed by atoms with Crippen LogP contribution in [0.1, 0.15) is 0 Å². The number of hydrogen-bond donors (Lipinski definition) is 0. The van der Waals surface area contributed by atoms with Crippen LogP contribution in [0.4, 0.5) is 0 Å². The molecule has 0 aromatic rings. The molecule has 2 rings (SSSR count). The highest BCUT2D eigenvalue weighted by atomic mass is 32.2. The van der Waals surface area contributed by atoms with Crippen LogP contribution < -0.4 is 0 Å². The van der Waals surface area contributed by atoms with E-state index < -0.39 is 0 Å². The Kier molecular flexibility index (Phi) is 1.08. The molecule has 0 radical (unpaired) electrons. The number of hydrogen-bond acceptors (Lipinski definition) is 3. The first-order chi connectivity index (χ1) is 3.87. The Morgan fingerprint density at radius 1 is 1.75 bits per heavy atom. The Hall–Kier alpha value is 0.660. The lowest BCUT2D eigenvalue weighted by Crippen LogP contribution is -2.18. The van der Waals surface area contributed by atoms with E-state index in [2.05, 4.69) is 0 Å². The molecule has 1 nitrogen and oxygen atoms in total. The number of thioether (sulfide) groups is 2. The van der Waals surface area contributed by atoms with Gasteiger partial charge in [0.1, 0.15) is 4.93 Å². The molecule has 8 heavy (non-hydrogen) atoms. The molecule has 46 valence electrons. The van der Waals surface area contributed by atoms with E-state index in [1.807, 2.05) is 30.6 Å². The van der Waals surface area contributed by atoms with Crippen LogP contribution in [0.2, 0.25) is 0 Å². The fourth-order valence-electron chi connectivity index (χ4n) is 0.808. The van der Waals surface area contributed by atoms with Gasteiger partial charge in [-0.3, -0.25) is 0 Å². The van der Waals surface area contributed by atoms with Gasteiger partial charge in [-0.05, 0) is 0 Å². The zero-order chi connectivity index (χ0) is 5.61. The second-order valence-corrected chi connectivity index (χ2v) is 4.63. The summed E-state index contributed by atoms with van der Waals surface area (Å²) in [6.45, 7) is 0. The summed E-state index contributed by atoms with van der Waals surface area (Å²) in [5.41, 5.74) is 0. The van der Waals surface area contributed by atoms with Crippen molar-refractivity contribution in [2.45, 2.75) is 10.2 Å². The third-order valence-electron chi connectivity index (χ3n) is 1.60. The smallest absolute Gasteiger partial charge is 0.135 e. The maximum absolute atomic E-state index is 5.31. The van der Waals surface area contributed by atoms with E-state index in [9.17, 15) is 0 Å². The van der Waals surface area contributed by atoms with E-state index in [0.717, 1.165) is 5.25 Å². The summed E-state index contributed by atoms with van der Waals surface area (Å²) in [7, 11) is 1.82. The standard InChI is InChI=1S/C5H8OS2/c1-6-5(3-8-5)4-2-7-4/h4H,2-3H2,1H3. The van der Waals surface area contributed by atoms with Crippen molar-refractivity contribution in [3.8, 4) is 0 Å². The molecule has 0 aliphatic carbocycles. The second kappa shape index (κ2) is 1.58.